The van der Waals surface area contributed by atoms with Crippen LogP contribution in [-0.2, 0) is 4.79 Å². The van der Waals surface area contributed by atoms with Gasteiger partial charge < -0.3 is 10.6 Å². The summed E-state index contributed by atoms with van der Waals surface area (Å²) in [5, 5.41) is 14.9. The minimum atomic E-state index is -0.152. The lowest BCUT2D eigenvalue weighted by atomic mass is 10.0. The summed E-state index contributed by atoms with van der Waals surface area (Å²) >= 11 is 3.32. The van der Waals surface area contributed by atoms with Crippen LogP contribution in [0.5, 0.6) is 0 Å². The predicted octanol–water partition coefficient (Wildman–Crippen LogP) is 2.18. The molecular formula is C13H12BrN3O. The fraction of sp³-hybridized carbons (Fsp3) is 0.231. The second-order valence-corrected chi connectivity index (χ2v) is 5.00. The Kier molecular flexibility index (Phi) is 3.80. The number of amides is 1. The summed E-state index contributed by atoms with van der Waals surface area (Å²) in [5.41, 5.74) is 2.82. The average Bonchev–Trinajstić information content (AvgIpc) is 2.27. The van der Waals surface area contributed by atoms with Crippen LogP contribution in [0, 0.1) is 11.3 Å². The normalized spacial score (nSPS) is 13.5. The maximum atomic E-state index is 12.0. The van der Waals surface area contributed by atoms with Gasteiger partial charge >= 0.3 is 0 Å². The lowest BCUT2D eigenvalue weighted by Crippen LogP contribution is -2.36. The number of carbonyl (C=O) groups is 1. The molecule has 92 valence electrons. The number of nitrogens with one attached hydrogen (secondary N) is 2. The van der Waals surface area contributed by atoms with E-state index < -0.39 is 0 Å². The van der Waals surface area contributed by atoms with Gasteiger partial charge in [-0.25, -0.2) is 0 Å². The van der Waals surface area contributed by atoms with Crippen molar-refractivity contribution in [2.24, 2.45) is 0 Å². The molecule has 0 spiro atoms. The van der Waals surface area contributed by atoms with Gasteiger partial charge in [0.2, 0.25) is 0 Å². The molecule has 0 radical (unpaired) electrons. The summed E-state index contributed by atoms with van der Waals surface area (Å²) in [6.45, 7) is 3.33. The van der Waals surface area contributed by atoms with Crippen LogP contribution in [0.2, 0.25) is 0 Å². The molecule has 1 aromatic carbocycles. The van der Waals surface area contributed by atoms with Gasteiger partial charge in [0, 0.05) is 23.1 Å². The van der Waals surface area contributed by atoms with Gasteiger partial charge in [-0.15, -0.1) is 0 Å². The highest BCUT2D eigenvalue weighted by molar-refractivity contribution is 9.10. The van der Waals surface area contributed by atoms with Crippen molar-refractivity contribution < 1.29 is 4.79 Å². The van der Waals surface area contributed by atoms with Crippen LogP contribution < -0.4 is 10.6 Å². The van der Waals surface area contributed by atoms with Crippen molar-refractivity contribution in [1.82, 2.24) is 5.32 Å². The quantitative estimate of drug-likeness (QED) is 0.823. The van der Waals surface area contributed by atoms with E-state index in [0.29, 0.717) is 11.3 Å². The Morgan fingerprint density at radius 1 is 1.50 bits per heavy atom. The van der Waals surface area contributed by atoms with E-state index in [1.807, 2.05) is 0 Å². The molecule has 2 rings (SSSR count). The second-order valence-electron chi connectivity index (χ2n) is 4.09. The zero-order valence-corrected chi connectivity index (χ0v) is 11.5. The predicted molar refractivity (Wildman–Crippen MR) is 73.1 cm³/mol. The highest BCUT2D eigenvalue weighted by Crippen LogP contribution is 2.22. The van der Waals surface area contributed by atoms with E-state index in [4.69, 9.17) is 5.26 Å². The van der Waals surface area contributed by atoms with E-state index in [0.717, 1.165) is 28.7 Å². The van der Waals surface area contributed by atoms with Gasteiger partial charge in [-0.05, 0) is 30.7 Å². The van der Waals surface area contributed by atoms with Crippen molar-refractivity contribution in [2.45, 2.75) is 6.92 Å². The Balaban J connectivity index is 2.22. The first-order chi connectivity index (χ1) is 8.61. The number of carbonyl (C=O) groups excluding carboxylic acids is 1. The van der Waals surface area contributed by atoms with E-state index in [9.17, 15) is 4.79 Å². The zero-order chi connectivity index (χ0) is 13.1. The Bertz CT molecular complexity index is 566. The lowest BCUT2D eigenvalue weighted by Gasteiger charge is -2.21. The number of anilines is 1. The number of halogens is 1. The molecule has 1 amide bonds. The van der Waals surface area contributed by atoms with Gasteiger partial charge in [-0.2, -0.15) is 5.26 Å². The van der Waals surface area contributed by atoms with Crippen molar-refractivity contribution in [1.29, 1.82) is 5.26 Å². The van der Waals surface area contributed by atoms with Gasteiger partial charge in [0.05, 0.1) is 11.3 Å². The molecule has 2 N–H and O–H groups in total. The van der Waals surface area contributed by atoms with Crippen molar-refractivity contribution in [3.05, 3.63) is 39.4 Å². The molecule has 0 aromatic heterocycles. The van der Waals surface area contributed by atoms with Crippen LogP contribution in [0.15, 0.2) is 33.8 Å². The molecule has 0 unspecified atom stereocenters. The Hall–Kier alpha value is -1.64. The molecule has 0 atom stereocenters. The van der Waals surface area contributed by atoms with Gasteiger partial charge in [-0.3, -0.25) is 4.79 Å². The first-order valence-corrected chi connectivity index (χ1v) is 6.31. The fourth-order valence-electron chi connectivity index (χ4n) is 1.61. The molecule has 1 fully saturated rings. The number of benzene rings is 1. The van der Waals surface area contributed by atoms with E-state index >= 15 is 0 Å². The maximum absolute atomic E-state index is 12.0. The highest BCUT2D eigenvalue weighted by atomic mass is 79.9. The molecule has 18 heavy (non-hydrogen) atoms. The number of hydrogen-bond donors (Lipinski definition) is 2. The summed E-state index contributed by atoms with van der Waals surface area (Å²) in [4.78, 5) is 12.0. The van der Waals surface area contributed by atoms with Crippen molar-refractivity contribution in [3.63, 3.8) is 0 Å². The molecule has 1 heterocycles. The molecule has 1 aliphatic heterocycles. The molecular weight excluding hydrogens is 294 g/mol. The first-order valence-electron chi connectivity index (χ1n) is 5.52. The van der Waals surface area contributed by atoms with Crippen molar-refractivity contribution >= 4 is 27.5 Å². The van der Waals surface area contributed by atoms with Crippen LogP contribution in [0.25, 0.3) is 0 Å². The minimum Gasteiger partial charge on any atom is -0.321 e. The van der Waals surface area contributed by atoms with E-state index in [1.54, 1.807) is 25.1 Å². The lowest BCUT2D eigenvalue weighted by molar-refractivity contribution is -0.112. The van der Waals surface area contributed by atoms with E-state index in [1.165, 1.54) is 0 Å². The minimum absolute atomic E-state index is 0.152. The molecule has 0 bridgehead atoms. The summed E-state index contributed by atoms with van der Waals surface area (Å²) in [6, 6.07) is 7.24. The Labute approximate surface area is 114 Å². The largest absolute Gasteiger partial charge is 0.321 e. The summed E-state index contributed by atoms with van der Waals surface area (Å²) < 4.78 is 0.826. The molecule has 1 saturated heterocycles. The number of rotatable bonds is 2. The zero-order valence-electron chi connectivity index (χ0n) is 9.88. The molecule has 1 aromatic rings. The standard InChI is InChI=1S/C13H12BrN3O/c1-8(10-6-16-7-10)13(18)17-12-4-11(14)3-2-9(12)5-15/h2-4,16H,6-7H2,1H3,(H,17,18). The van der Waals surface area contributed by atoms with Gasteiger partial charge in [0.25, 0.3) is 5.91 Å². The summed E-state index contributed by atoms with van der Waals surface area (Å²) in [7, 11) is 0. The Morgan fingerprint density at radius 2 is 2.22 bits per heavy atom. The fourth-order valence-corrected chi connectivity index (χ4v) is 1.97. The SMILES string of the molecule is CC(C(=O)Nc1cc(Br)ccc1C#N)=C1CNC1. The first kappa shape index (κ1) is 12.8. The third-order valence-electron chi connectivity index (χ3n) is 2.90. The van der Waals surface area contributed by atoms with Gasteiger partial charge in [0.15, 0.2) is 0 Å². The maximum Gasteiger partial charge on any atom is 0.251 e. The Morgan fingerprint density at radius 3 is 2.78 bits per heavy atom. The van der Waals surface area contributed by atoms with Gasteiger partial charge in [-0.1, -0.05) is 15.9 Å². The van der Waals surface area contributed by atoms with E-state index in [-0.39, 0.29) is 5.91 Å². The summed E-state index contributed by atoms with van der Waals surface area (Å²) in [6.07, 6.45) is 0. The van der Waals surface area contributed by atoms with Crippen molar-refractivity contribution in [3.8, 4) is 6.07 Å². The average molecular weight is 306 g/mol. The molecule has 0 saturated carbocycles. The smallest absolute Gasteiger partial charge is 0.251 e. The number of hydrogen-bond acceptors (Lipinski definition) is 3. The van der Waals surface area contributed by atoms with Crippen molar-refractivity contribution in [2.75, 3.05) is 18.4 Å². The second kappa shape index (κ2) is 5.34. The van der Waals surface area contributed by atoms with Crippen LogP contribution in [-0.4, -0.2) is 19.0 Å². The highest BCUT2D eigenvalue weighted by Gasteiger charge is 2.17. The molecule has 1 aliphatic rings. The van der Waals surface area contributed by atoms with Crippen LogP contribution in [0.3, 0.4) is 0 Å². The van der Waals surface area contributed by atoms with Crippen LogP contribution >= 0.6 is 15.9 Å². The third kappa shape index (κ3) is 2.61. The van der Waals surface area contributed by atoms with Crippen LogP contribution in [0.1, 0.15) is 12.5 Å². The van der Waals surface area contributed by atoms with Gasteiger partial charge in [0.1, 0.15) is 6.07 Å². The van der Waals surface area contributed by atoms with E-state index in [2.05, 4.69) is 32.6 Å². The molecule has 4 nitrogen and oxygen atoms in total. The molecule has 5 heteroatoms. The monoisotopic (exact) mass is 305 g/mol. The topological polar surface area (TPSA) is 64.9 Å². The van der Waals surface area contributed by atoms with Crippen LogP contribution in [0.4, 0.5) is 5.69 Å². The number of nitrogens with zero attached hydrogens (tertiary/aromatic N) is 1. The molecule has 0 aliphatic carbocycles. The third-order valence-corrected chi connectivity index (χ3v) is 3.39. The number of nitriles is 1. The summed E-state index contributed by atoms with van der Waals surface area (Å²) in [5.74, 6) is -0.152.